The number of aromatic nitrogens is 2. The van der Waals surface area contributed by atoms with Crippen molar-refractivity contribution in [3.05, 3.63) is 48.8 Å². The maximum atomic E-state index is 4.62. The molecule has 1 aromatic heterocycles. The molecule has 0 aliphatic carbocycles. The Morgan fingerprint density at radius 1 is 1.20 bits per heavy atom. The van der Waals surface area contributed by atoms with Crippen LogP contribution in [0.1, 0.15) is 13.3 Å². The topological polar surface area (TPSA) is 57.5 Å². The van der Waals surface area contributed by atoms with Crippen LogP contribution in [-0.4, -0.2) is 49.0 Å². The third-order valence-corrected chi connectivity index (χ3v) is 3.66. The van der Waals surface area contributed by atoms with E-state index in [1.165, 1.54) is 5.69 Å². The highest BCUT2D eigenvalue weighted by atomic mass is 127. The number of nitrogens with one attached hydrogen (secondary N) is 2. The molecule has 0 saturated carbocycles. The molecular formula is C18H29IN6. The lowest BCUT2D eigenvalue weighted by molar-refractivity contribution is 0.584. The Kier molecular flexibility index (Phi) is 10.7. The number of guanidine groups is 1. The second-order valence-electron chi connectivity index (χ2n) is 5.57. The van der Waals surface area contributed by atoms with E-state index in [1.54, 1.807) is 6.20 Å². The Morgan fingerprint density at radius 3 is 2.68 bits per heavy atom. The van der Waals surface area contributed by atoms with Crippen LogP contribution in [-0.2, 0) is 6.54 Å². The summed E-state index contributed by atoms with van der Waals surface area (Å²) in [5, 5.41) is 10.9. The Balaban J connectivity index is 0.00000312. The fourth-order valence-electron chi connectivity index (χ4n) is 2.35. The van der Waals surface area contributed by atoms with Gasteiger partial charge >= 0.3 is 0 Å². The number of aryl methyl sites for hydroxylation is 1. The Morgan fingerprint density at radius 2 is 2.00 bits per heavy atom. The van der Waals surface area contributed by atoms with Crippen molar-refractivity contribution in [2.45, 2.75) is 19.9 Å². The molecule has 2 aromatic rings. The van der Waals surface area contributed by atoms with E-state index in [-0.39, 0.29) is 24.0 Å². The summed E-state index contributed by atoms with van der Waals surface area (Å²) in [4.78, 5) is 6.85. The maximum Gasteiger partial charge on any atom is 0.191 e. The molecule has 0 saturated heterocycles. The van der Waals surface area contributed by atoms with Crippen molar-refractivity contribution in [3.63, 3.8) is 0 Å². The molecule has 2 rings (SSSR count). The van der Waals surface area contributed by atoms with E-state index in [0.29, 0.717) is 0 Å². The van der Waals surface area contributed by atoms with Gasteiger partial charge in [0.25, 0.3) is 0 Å². The normalized spacial score (nSPS) is 10.9. The fraction of sp³-hybridized carbons (Fsp3) is 0.444. The molecule has 2 N–H and O–H groups in total. The molecule has 0 aliphatic heterocycles. The van der Waals surface area contributed by atoms with Gasteiger partial charge in [-0.25, -0.2) is 0 Å². The number of likely N-dealkylation sites (N-methyl/N-ethyl adjacent to an activating group) is 1. The quantitative estimate of drug-likeness (QED) is 0.264. The first-order valence-electron chi connectivity index (χ1n) is 8.55. The van der Waals surface area contributed by atoms with Crippen LogP contribution in [0.5, 0.6) is 0 Å². The van der Waals surface area contributed by atoms with Crippen molar-refractivity contribution in [1.82, 2.24) is 20.4 Å². The predicted molar refractivity (Wildman–Crippen MR) is 116 cm³/mol. The summed E-state index contributed by atoms with van der Waals surface area (Å²) in [5.41, 5.74) is 1.22. The van der Waals surface area contributed by atoms with E-state index in [9.17, 15) is 0 Å². The zero-order chi connectivity index (χ0) is 17.0. The third kappa shape index (κ3) is 8.24. The number of hydrogen-bond acceptors (Lipinski definition) is 3. The van der Waals surface area contributed by atoms with Crippen LogP contribution < -0.4 is 15.5 Å². The van der Waals surface area contributed by atoms with Gasteiger partial charge < -0.3 is 15.5 Å². The van der Waals surface area contributed by atoms with Crippen LogP contribution in [0.2, 0.25) is 0 Å². The van der Waals surface area contributed by atoms with E-state index >= 15 is 0 Å². The average molecular weight is 456 g/mol. The first-order valence-corrected chi connectivity index (χ1v) is 8.55. The second kappa shape index (κ2) is 12.6. The van der Waals surface area contributed by atoms with E-state index in [1.807, 2.05) is 23.0 Å². The van der Waals surface area contributed by atoms with E-state index in [4.69, 9.17) is 0 Å². The Bertz CT molecular complexity index is 585. The van der Waals surface area contributed by atoms with Gasteiger partial charge in [0.2, 0.25) is 0 Å². The molecule has 138 valence electrons. The molecule has 6 nitrogen and oxygen atoms in total. The predicted octanol–water partition coefficient (Wildman–Crippen LogP) is 2.58. The highest BCUT2D eigenvalue weighted by Gasteiger charge is 2.01. The van der Waals surface area contributed by atoms with Crippen molar-refractivity contribution in [1.29, 1.82) is 0 Å². The summed E-state index contributed by atoms with van der Waals surface area (Å²) >= 11 is 0. The summed E-state index contributed by atoms with van der Waals surface area (Å²) in [6, 6.07) is 12.3. The molecule has 7 heteroatoms. The van der Waals surface area contributed by atoms with Gasteiger partial charge in [-0.15, -0.1) is 24.0 Å². The highest BCUT2D eigenvalue weighted by Crippen LogP contribution is 2.09. The molecule has 0 atom stereocenters. The number of aliphatic imine (C=N–C) groups is 1. The van der Waals surface area contributed by atoms with Gasteiger partial charge in [0.1, 0.15) is 0 Å². The van der Waals surface area contributed by atoms with Crippen molar-refractivity contribution >= 4 is 35.6 Å². The number of hydrogen-bond donors (Lipinski definition) is 2. The third-order valence-electron chi connectivity index (χ3n) is 3.66. The number of nitrogens with zero attached hydrogens (tertiary/aromatic N) is 4. The van der Waals surface area contributed by atoms with Crippen LogP contribution in [0.15, 0.2) is 53.8 Å². The fourth-order valence-corrected chi connectivity index (χ4v) is 2.35. The minimum Gasteiger partial charge on any atom is -0.373 e. The molecule has 0 spiro atoms. The van der Waals surface area contributed by atoms with E-state index in [0.717, 1.165) is 45.1 Å². The van der Waals surface area contributed by atoms with Gasteiger partial charge in [0.05, 0.1) is 0 Å². The van der Waals surface area contributed by atoms with Crippen LogP contribution in [0.4, 0.5) is 5.69 Å². The van der Waals surface area contributed by atoms with E-state index < -0.39 is 0 Å². The SMILES string of the molecule is CCNC(=NCCCn1cccn1)NCCN(C)c1ccccc1.I. The zero-order valence-corrected chi connectivity index (χ0v) is 17.4. The lowest BCUT2D eigenvalue weighted by Gasteiger charge is -2.20. The second-order valence-corrected chi connectivity index (χ2v) is 5.57. The van der Waals surface area contributed by atoms with Crippen LogP contribution in [0.25, 0.3) is 0 Å². The molecule has 0 aliphatic rings. The highest BCUT2D eigenvalue weighted by molar-refractivity contribution is 14.0. The maximum absolute atomic E-state index is 4.62. The first kappa shape index (κ1) is 21.3. The number of halogens is 1. The van der Waals surface area contributed by atoms with E-state index in [2.05, 4.69) is 63.9 Å². The summed E-state index contributed by atoms with van der Waals surface area (Å²) < 4.78 is 1.94. The van der Waals surface area contributed by atoms with Crippen molar-refractivity contribution < 1.29 is 0 Å². The number of para-hydroxylation sites is 1. The van der Waals surface area contributed by atoms with Gasteiger partial charge in [-0.2, -0.15) is 5.10 Å². The lowest BCUT2D eigenvalue weighted by atomic mass is 10.3. The molecule has 1 heterocycles. The molecule has 0 radical (unpaired) electrons. The molecular weight excluding hydrogens is 427 g/mol. The summed E-state index contributed by atoms with van der Waals surface area (Å²) in [5.74, 6) is 0.874. The van der Waals surface area contributed by atoms with Gasteiger partial charge in [0.15, 0.2) is 5.96 Å². The smallest absolute Gasteiger partial charge is 0.191 e. The van der Waals surface area contributed by atoms with Crippen LogP contribution in [0.3, 0.4) is 0 Å². The summed E-state index contributed by atoms with van der Waals surface area (Å²) in [6.45, 7) is 6.38. The van der Waals surface area contributed by atoms with Gasteiger partial charge in [-0.1, -0.05) is 18.2 Å². The molecule has 0 bridgehead atoms. The molecule has 0 amide bonds. The Labute approximate surface area is 167 Å². The van der Waals surface area contributed by atoms with Gasteiger partial charge in [-0.3, -0.25) is 9.67 Å². The van der Waals surface area contributed by atoms with Crippen molar-refractivity contribution in [2.24, 2.45) is 4.99 Å². The molecule has 0 unspecified atom stereocenters. The zero-order valence-electron chi connectivity index (χ0n) is 15.1. The average Bonchev–Trinajstić information content (AvgIpc) is 3.12. The monoisotopic (exact) mass is 456 g/mol. The number of anilines is 1. The molecule has 1 aromatic carbocycles. The largest absolute Gasteiger partial charge is 0.373 e. The Hall–Kier alpha value is -1.77. The lowest BCUT2D eigenvalue weighted by Crippen LogP contribution is -2.41. The number of benzene rings is 1. The first-order chi connectivity index (χ1) is 11.8. The van der Waals surface area contributed by atoms with Gasteiger partial charge in [0, 0.05) is 57.9 Å². The summed E-state index contributed by atoms with van der Waals surface area (Å²) in [7, 11) is 2.10. The van der Waals surface area contributed by atoms with Gasteiger partial charge in [-0.05, 0) is 31.5 Å². The van der Waals surface area contributed by atoms with Crippen molar-refractivity contribution in [2.75, 3.05) is 38.1 Å². The number of rotatable bonds is 9. The molecule has 0 fully saturated rings. The van der Waals surface area contributed by atoms with Crippen LogP contribution in [0, 0.1) is 0 Å². The summed E-state index contributed by atoms with van der Waals surface area (Å²) in [6.07, 6.45) is 4.76. The molecule has 25 heavy (non-hydrogen) atoms. The van der Waals surface area contributed by atoms with Crippen molar-refractivity contribution in [3.8, 4) is 0 Å². The standard InChI is InChI=1S/C18H28N6.HI/c1-3-19-18(20-11-7-14-24-15-8-12-22-24)21-13-16-23(2)17-9-5-4-6-10-17;/h4-6,8-10,12,15H,3,7,11,13-14,16H2,1-2H3,(H2,19,20,21);1H. The van der Waals surface area contributed by atoms with Crippen LogP contribution >= 0.6 is 24.0 Å². The minimum absolute atomic E-state index is 0. The minimum atomic E-state index is 0.